The van der Waals surface area contributed by atoms with E-state index in [1.807, 2.05) is 31.2 Å². The van der Waals surface area contributed by atoms with Crippen LogP contribution in [0.4, 0.5) is 5.69 Å². The number of primary amides is 1. The van der Waals surface area contributed by atoms with Gasteiger partial charge < -0.3 is 20.5 Å². The van der Waals surface area contributed by atoms with Gasteiger partial charge in [0.1, 0.15) is 11.5 Å². The van der Waals surface area contributed by atoms with Crippen LogP contribution in [-0.2, 0) is 14.8 Å². The van der Waals surface area contributed by atoms with E-state index in [0.29, 0.717) is 19.5 Å². The molecule has 8 nitrogen and oxygen atoms in total. The lowest BCUT2D eigenvalue weighted by Crippen LogP contribution is -2.55. The minimum atomic E-state index is -3.92. The summed E-state index contributed by atoms with van der Waals surface area (Å²) in [6.45, 7) is 3.51. The summed E-state index contributed by atoms with van der Waals surface area (Å²) in [4.78, 5) is 13.8. The first-order chi connectivity index (χ1) is 14.2. The Bertz CT molecular complexity index is 868. The van der Waals surface area contributed by atoms with Gasteiger partial charge in [-0.05, 0) is 30.7 Å². The van der Waals surface area contributed by atoms with E-state index >= 15 is 0 Å². The van der Waals surface area contributed by atoms with E-state index in [-0.39, 0.29) is 13.1 Å². The number of ether oxygens (including phenoxy) is 1. The van der Waals surface area contributed by atoms with Gasteiger partial charge in [-0.15, -0.1) is 0 Å². The van der Waals surface area contributed by atoms with Crippen LogP contribution in [-0.4, -0.2) is 68.4 Å². The van der Waals surface area contributed by atoms with Crippen molar-refractivity contribution in [3.05, 3.63) is 24.3 Å². The average Bonchev–Trinajstić information content (AvgIpc) is 2.73. The van der Waals surface area contributed by atoms with Gasteiger partial charge in [0.2, 0.25) is 15.6 Å². The van der Waals surface area contributed by atoms with Crippen molar-refractivity contribution in [2.24, 2.45) is 5.73 Å². The normalized spacial score (nSPS) is 17.0. The Morgan fingerprint density at radius 3 is 2.37 bits per heavy atom. The number of unbranched alkanes of at least 4 members (excludes halogenated alkanes) is 3. The lowest BCUT2D eigenvalue weighted by Gasteiger charge is -2.36. The van der Waals surface area contributed by atoms with E-state index in [0.717, 1.165) is 30.7 Å². The molecule has 3 N–H and O–H groups in total. The Labute approximate surface area is 179 Å². The highest BCUT2D eigenvalue weighted by atomic mass is 32.2. The third-order valence-electron chi connectivity index (χ3n) is 5.07. The average molecular weight is 438 g/mol. The highest BCUT2D eigenvalue weighted by molar-refractivity contribution is 7.89. The second kappa shape index (κ2) is 10.7. The Morgan fingerprint density at radius 1 is 1.20 bits per heavy atom. The zero-order chi connectivity index (χ0) is 22.2. The summed E-state index contributed by atoms with van der Waals surface area (Å²) in [5, 5.41) is 10.5. The number of carbonyl (C=O) groups is 1. The number of benzene rings is 1. The van der Waals surface area contributed by atoms with E-state index in [9.17, 15) is 18.3 Å². The molecule has 1 aliphatic heterocycles. The molecule has 1 aliphatic rings. The van der Waals surface area contributed by atoms with Gasteiger partial charge in [0.15, 0.2) is 0 Å². The zero-order valence-electron chi connectivity index (χ0n) is 17.6. The van der Waals surface area contributed by atoms with E-state index in [2.05, 4.69) is 16.7 Å². The number of carbonyl (C=O) groups excluding carboxylic acids is 1. The van der Waals surface area contributed by atoms with Crippen LogP contribution in [0.15, 0.2) is 24.3 Å². The summed E-state index contributed by atoms with van der Waals surface area (Å²) in [5.74, 6) is 3.87. The summed E-state index contributed by atoms with van der Waals surface area (Å²) in [6.07, 6.45) is 3.28. The summed E-state index contributed by atoms with van der Waals surface area (Å²) in [5.41, 5.74) is 3.86. The summed E-state index contributed by atoms with van der Waals surface area (Å²) >= 11 is 0. The van der Waals surface area contributed by atoms with Gasteiger partial charge in [-0.1, -0.05) is 31.6 Å². The molecule has 1 heterocycles. The fourth-order valence-corrected chi connectivity index (χ4v) is 4.86. The molecule has 9 heteroatoms. The molecular weight excluding hydrogens is 406 g/mol. The molecule has 1 saturated heterocycles. The molecule has 0 aromatic heterocycles. The van der Waals surface area contributed by atoms with Crippen molar-refractivity contribution in [3.8, 4) is 17.6 Å². The summed E-state index contributed by atoms with van der Waals surface area (Å²) < 4.78 is 32.1. The number of nitrogens with zero attached hydrogens (tertiary/aromatic N) is 2. The van der Waals surface area contributed by atoms with Crippen LogP contribution in [0.3, 0.4) is 0 Å². The van der Waals surface area contributed by atoms with Gasteiger partial charge in [0.05, 0.1) is 7.11 Å². The standard InChI is InChI=1S/C21H31N3O5S/c1-3-4-5-6-7-12-21(26,20(22)25)17-30(27,28)24-15-13-23(14-16-24)18-8-10-19(29-2)11-9-18/h8-11,26H,3-6,13-17H2,1-2H3,(H2,22,25). The number of methoxy groups -OCH3 is 1. The molecular formula is C21H31N3O5S. The Balaban J connectivity index is 2.01. The lowest BCUT2D eigenvalue weighted by atomic mass is 10.1. The molecule has 0 aliphatic carbocycles. The first-order valence-corrected chi connectivity index (χ1v) is 11.7. The van der Waals surface area contributed by atoms with Crippen LogP contribution in [0.25, 0.3) is 0 Å². The third kappa shape index (κ3) is 6.36. The molecule has 0 saturated carbocycles. The minimum absolute atomic E-state index is 0.243. The van der Waals surface area contributed by atoms with E-state index < -0.39 is 27.3 Å². The van der Waals surface area contributed by atoms with Crippen LogP contribution in [0, 0.1) is 11.8 Å². The molecule has 0 radical (unpaired) electrons. The molecule has 0 bridgehead atoms. The van der Waals surface area contributed by atoms with Crippen molar-refractivity contribution in [2.45, 2.75) is 38.2 Å². The number of sulfonamides is 1. The van der Waals surface area contributed by atoms with Gasteiger partial charge in [0.25, 0.3) is 5.91 Å². The molecule has 30 heavy (non-hydrogen) atoms. The molecule has 1 fully saturated rings. The van der Waals surface area contributed by atoms with Gasteiger partial charge in [0, 0.05) is 38.3 Å². The van der Waals surface area contributed by atoms with Crippen LogP contribution in [0.2, 0.25) is 0 Å². The Hall–Kier alpha value is -2.28. The Kier molecular flexibility index (Phi) is 8.53. The van der Waals surface area contributed by atoms with Crippen molar-refractivity contribution < 1.29 is 23.1 Å². The largest absolute Gasteiger partial charge is 0.497 e. The summed E-state index contributed by atoms with van der Waals surface area (Å²) in [6, 6.07) is 7.54. The number of aliphatic hydroxyl groups is 1. The van der Waals surface area contributed by atoms with Gasteiger partial charge in [-0.25, -0.2) is 8.42 Å². The van der Waals surface area contributed by atoms with Gasteiger partial charge in [-0.3, -0.25) is 4.79 Å². The predicted octanol–water partition coefficient (Wildman–Crippen LogP) is 0.947. The third-order valence-corrected chi connectivity index (χ3v) is 7.00. The Morgan fingerprint density at radius 2 is 1.83 bits per heavy atom. The second-order valence-corrected chi connectivity index (χ2v) is 9.29. The monoisotopic (exact) mass is 437 g/mol. The van der Waals surface area contributed by atoms with Gasteiger partial charge >= 0.3 is 0 Å². The number of hydrogen-bond acceptors (Lipinski definition) is 6. The molecule has 1 unspecified atom stereocenters. The lowest BCUT2D eigenvalue weighted by molar-refractivity contribution is -0.129. The minimum Gasteiger partial charge on any atom is -0.497 e. The maximum Gasteiger partial charge on any atom is 0.263 e. The predicted molar refractivity (Wildman–Crippen MR) is 117 cm³/mol. The first-order valence-electron chi connectivity index (χ1n) is 10.1. The molecule has 1 aromatic rings. The summed E-state index contributed by atoms with van der Waals surface area (Å²) in [7, 11) is -2.32. The molecule has 1 atom stereocenters. The fraction of sp³-hybridized carbons (Fsp3) is 0.571. The van der Waals surface area contributed by atoms with Crippen molar-refractivity contribution in [1.29, 1.82) is 0 Å². The molecule has 166 valence electrons. The SMILES string of the molecule is CCCCCC#CC(O)(CS(=O)(=O)N1CCN(c2ccc(OC)cc2)CC1)C(N)=O. The number of nitrogens with two attached hydrogens (primary N) is 1. The maximum absolute atomic E-state index is 12.8. The van der Waals surface area contributed by atoms with Crippen LogP contribution in [0.5, 0.6) is 5.75 Å². The smallest absolute Gasteiger partial charge is 0.263 e. The van der Waals surface area contributed by atoms with E-state index in [4.69, 9.17) is 10.5 Å². The van der Waals surface area contributed by atoms with Gasteiger partial charge in [-0.2, -0.15) is 4.31 Å². The van der Waals surface area contributed by atoms with Crippen molar-refractivity contribution in [1.82, 2.24) is 4.31 Å². The molecule has 1 aromatic carbocycles. The molecule has 2 rings (SSSR count). The van der Waals surface area contributed by atoms with Crippen molar-refractivity contribution >= 4 is 21.6 Å². The number of piperazine rings is 1. The second-order valence-electron chi connectivity index (χ2n) is 7.32. The number of amides is 1. The maximum atomic E-state index is 12.8. The molecule has 0 spiro atoms. The zero-order valence-corrected chi connectivity index (χ0v) is 18.5. The first kappa shape index (κ1) is 24.0. The van der Waals surface area contributed by atoms with Crippen LogP contribution in [0.1, 0.15) is 32.6 Å². The van der Waals surface area contributed by atoms with Crippen LogP contribution >= 0.6 is 0 Å². The van der Waals surface area contributed by atoms with Crippen LogP contribution < -0.4 is 15.4 Å². The van der Waals surface area contributed by atoms with E-state index in [1.54, 1.807) is 7.11 Å². The number of anilines is 1. The fourth-order valence-electron chi connectivity index (χ4n) is 3.21. The van der Waals surface area contributed by atoms with Crippen molar-refractivity contribution in [2.75, 3.05) is 43.9 Å². The quantitative estimate of drug-likeness (QED) is 0.439. The molecule has 1 amide bonds. The highest BCUT2D eigenvalue weighted by Gasteiger charge is 2.40. The highest BCUT2D eigenvalue weighted by Crippen LogP contribution is 2.22. The number of hydrogen-bond donors (Lipinski definition) is 2. The van der Waals surface area contributed by atoms with E-state index in [1.165, 1.54) is 4.31 Å². The van der Waals surface area contributed by atoms with Crippen molar-refractivity contribution in [3.63, 3.8) is 0 Å². The topological polar surface area (TPSA) is 113 Å². The number of rotatable bonds is 9.